The number of hydrogen-bond acceptors (Lipinski definition) is 5. The molecule has 2 aromatic rings. The van der Waals surface area contributed by atoms with Gasteiger partial charge in [-0.2, -0.15) is 0 Å². The molecule has 1 heterocycles. The van der Waals surface area contributed by atoms with Crippen molar-refractivity contribution in [3.63, 3.8) is 0 Å². The molecule has 0 spiro atoms. The summed E-state index contributed by atoms with van der Waals surface area (Å²) < 4.78 is 38.9. The maximum absolute atomic E-state index is 13.3. The molecule has 0 fully saturated rings. The van der Waals surface area contributed by atoms with E-state index in [1.54, 1.807) is 0 Å². The minimum atomic E-state index is -1.71. The second kappa shape index (κ2) is 4.61. The number of benzene rings is 1. The number of aromatic nitrogens is 2. The maximum Gasteiger partial charge on any atom is 0.260 e. The van der Waals surface area contributed by atoms with Gasteiger partial charge >= 0.3 is 0 Å². The van der Waals surface area contributed by atoms with E-state index in [2.05, 4.69) is 15.5 Å². The number of anilines is 2. The van der Waals surface area contributed by atoms with Gasteiger partial charge in [-0.15, -0.1) is 10.2 Å². The summed E-state index contributed by atoms with van der Waals surface area (Å²) in [5.41, 5.74) is 4.64. The van der Waals surface area contributed by atoms with Crippen LogP contribution in [-0.2, 0) is 0 Å². The molecule has 0 radical (unpaired) electrons. The lowest BCUT2D eigenvalue weighted by atomic mass is 10.2. The van der Waals surface area contributed by atoms with Crippen LogP contribution in [0.3, 0.4) is 0 Å². The second-order valence-corrected chi connectivity index (χ2v) is 4.13. The van der Waals surface area contributed by atoms with Gasteiger partial charge in [0, 0.05) is 0 Å². The predicted octanol–water partition coefficient (Wildman–Crippen LogP) is 1.79. The molecule has 0 aliphatic carbocycles. The summed E-state index contributed by atoms with van der Waals surface area (Å²) in [4.78, 5) is 11.6. The molecule has 1 aromatic carbocycles. The van der Waals surface area contributed by atoms with Gasteiger partial charge in [-0.1, -0.05) is 11.3 Å². The van der Waals surface area contributed by atoms with E-state index in [9.17, 15) is 18.0 Å². The third-order valence-corrected chi connectivity index (χ3v) is 2.61. The second-order valence-electron chi connectivity index (χ2n) is 3.12. The average Bonchev–Trinajstić information content (AvgIpc) is 2.71. The largest absolute Gasteiger partial charge is 0.374 e. The average molecular weight is 274 g/mol. The Bertz CT molecular complexity index is 616. The topological polar surface area (TPSA) is 80.9 Å². The molecule has 18 heavy (non-hydrogen) atoms. The maximum atomic E-state index is 13.3. The van der Waals surface area contributed by atoms with Crippen LogP contribution < -0.4 is 11.1 Å². The molecule has 2 rings (SSSR count). The number of hydrogen-bond donors (Lipinski definition) is 2. The molecule has 0 aliphatic heterocycles. The SMILES string of the molecule is Nc1nnc(NC(=O)c2ccc(F)c(F)c2F)s1. The Morgan fingerprint density at radius 3 is 2.56 bits per heavy atom. The van der Waals surface area contributed by atoms with Crippen molar-refractivity contribution < 1.29 is 18.0 Å². The van der Waals surface area contributed by atoms with Crippen molar-refractivity contribution in [1.29, 1.82) is 0 Å². The van der Waals surface area contributed by atoms with Gasteiger partial charge in [-0.25, -0.2) is 13.2 Å². The Morgan fingerprint density at radius 1 is 1.22 bits per heavy atom. The monoisotopic (exact) mass is 274 g/mol. The zero-order valence-electron chi connectivity index (χ0n) is 8.58. The van der Waals surface area contributed by atoms with Gasteiger partial charge in [0.05, 0.1) is 5.56 Å². The third-order valence-electron chi connectivity index (χ3n) is 1.94. The molecule has 0 atom stereocenters. The number of nitrogens with zero attached hydrogens (tertiary/aromatic N) is 2. The smallest absolute Gasteiger partial charge is 0.260 e. The standard InChI is InChI=1S/C9H5F3N4OS/c10-4-2-1-3(5(11)6(4)12)7(17)14-9-16-15-8(13)18-9/h1-2H,(H2,13,15)(H,14,16,17). The number of carbonyl (C=O) groups excluding carboxylic acids is 1. The zero-order valence-corrected chi connectivity index (χ0v) is 9.39. The molecule has 3 N–H and O–H groups in total. The summed E-state index contributed by atoms with van der Waals surface area (Å²) in [6.45, 7) is 0. The number of nitrogens with two attached hydrogens (primary N) is 1. The number of rotatable bonds is 2. The number of carbonyl (C=O) groups is 1. The highest BCUT2D eigenvalue weighted by Crippen LogP contribution is 2.19. The molecule has 1 amide bonds. The summed E-state index contributed by atoms with van der Waals surface area (Å²) >= 11 is 0.857. The van der Waals surface area contributed by atoms with E-state index < -0.39 is 28.9 Å². The van der Waals surface area contributed by atoms with Crippen molar-refractivity contribution in [2.75, 3.05) is 11.1 Å². The molecule has 0 unspecified atom stereocenters. The van der Waals surface area contributed by atoms with Crippen molar-refractivity contribution in [2.45, 2.75) is 0 Å². The van der Waals surface area contributed by atoms with Crippen molar-refractivity contribution in [2.24, 2.45) is 0 Å². The number of nitrogen functional groups attached to an aromatic ring is 1. The van der Waals surface area contributed by atoms with Crippen LogP contribution in [0.1, 0.15) is 10.4 Å². The minimum Gasteiger partial charge on any atom is -0.374 e. The van der Waals surface area contributed by atoms with Crippen LogP contribution in [-0.4, -0.2) is 16.1 Å². The first-order chi connectivity index (χ1) is 8.49. The highest BCUT2D eigenvalue weighted by atomic mass is 32.1. The van der Waals surface area contributed by atoms with Crippen LogP contribution in [0.2, 0.25) is 0 Å². The quantitative estimate of drug-likeness (QED) is 0.818. The van der Waals surface area contributed by atoms with Crippen molar-refractivity contribution in [3.8, 4) is 0 Å². The Morgan fingerprint density at radius 2 is 1.94 bits per heavy atom. The summed E-state index contributed by atoms with van der Waals surface area (Å²) in [5.74, 6) is -5.61. The molecule has 0 saturated carbocycles. The van der Waals surface area contributed by atoms with Crippen molar-refractivity contribution >= 4 is 27.5 Å². The normalized spacial score (nSPS) is 10.4. The van der Waals surface area contributed by atoms with Crippen LogP contribution in [0.4, 0.5) is 23.4 Å². The summed E-state index contributed by atoms with van der Waals surface area (Å²) in [5, 5.41) is 9.19. The molecule has 1 aromatic heterocycles. The van der Waals surface area contributed by atoms with E-state index in [1.165, 1.54) is 0 Å². The number of amides is 1. The lowest BCUT2D eigenvalue weighted by molar-refractivity contribution is 0.102. The summed E-state index contributed by atoms with van der Waals surface area (Å²) in [7, 11) is 0. The number of nitrogens with one attached hydrogen (secondary N) is 1. The molecular formula is C9H5F3N4OS. The fraction of sp³-hybridized carbons (Fsp3) is 0. The first-order valence-corrected chi connectivity index (χ1v) is 5.34. The summed E-state index contributed by atoms with van der Waals surface area (Å²) in [6, 6.07) is 1.48. The van der Waals surface area contributed by atoms with Gasteiger partial charge in [-0.05, 0) is 12.1 Å². The van der Waals surface area contributed by atoms with Gasteiger partial charge in [0.15, 0.2) is 17.5 Å². The first-order valence-electron chi connectivity index (χ1n) is 4.53. The molecule has 94 valence electrons. The van der Waals surface area contributed by atoms with Gasteiger partial charge in [0.1, 0.15) is 0 Å². The molecule has 0 saturated heterocycles. The zero-order chi connectivity index (χ0) is 13.3. The predicted molar refractivity (Wildman–Crippen MR) is 58.6 cm³/mol. The van der Waals surface area contributed by atoms with E-state index in [0.717, 1.165) is 17.4 Å². The first kappa shape index (κ1) is 12.3. The van der Waals surface area contributed by atoms with Crippen LogP contribution in [0.5, 0.6) is 0 Å². The minimum absolute atomic E-state index is 0.0293. The van der Waals surface area contributed by atoms with E-state index in [0.29, 0.717) is 6.07 Å². The van der Waals surface area contributed by atoms with E-state index in [4.69, 9.17) is 5.73 Å². The van der Waals surface area contributed by atoms with Gasteiger partial charge in [0.25, 0.3) is 5.91 Å². The van der Waals surface area contributed by atoms with Crippen LogP contribution >= 0.6 is 11.3 Å². The van der Waals surface area contributed by atoms with Gasteiger partial charge in [0.2, 0.25) is 10.3 Å². The molecule has 0 bridgehead atoms. The molecular weight excluding hydrogens is 269 g/mol. The van der Waals surface area contributed by atoms with Crippen molar-refractivity contribution in [3.05, 3.63) is 35.1 Å². The number of halogens is 3. The van der Waals surface area contributed by atoms with E-state index >= 15 is 0 Å². The third kappa shape index (κ3) is 2.25. The lowest BCUT2D eigenvalue weighted by Crippen LogP contribution is -2.15. The van der Waals surface area contributed by atoms with E-state index in [-0.39, 0.29) is 10.3 Å². The highest BCUT2D eigenvalue weighted by Gasteiger charge is 2.19. The Labute approximate surface area is 102 Å². The lowest BCUT2D eigenvalue weighted by Gasteiger charge is -2.03. The van der Waals surface area contributed by atoms with Gasteiger partial charge in [-0.3, -0.25) is 10.1 Å². The summed E-state index contributed by atoms with van der Waals surface area (Å²) in [6.07, 6.45) is 0. The van der Waals surface area contributed by atoms with E-state index in [1.807, 2.05) is 0 Å². The van der Waals surface area contributed by atoms with Gasteiger partial charge < -0.3 is 5.73 Å². The molecule has 9 heteroatoms. The van der Waals surface area contributed by atoms with Crippen LogP contribution in [0.15, 0.2) is 12.1 Å². The fourth-order valence-corrected chi connectivity index (χ4v) is 1.66. The van der Waals surface area contributed by atoms with Crippen molar-refractivity contribution in [1.82, 2.24) is 10.2 Å². The Hall–Kier alpha value is -2.16. The fourth-order valence-electron chi connectivity index (χ4n) is 1.15. The highest BCUT2D eigenvalue weighted by molar-refractivity contribution is 7.19. The molecule has 5 nitrogen and oxygen atoms in total. The molecule has 0 aliphatic rings. The van der Waals surface area contributed by atoms with Crippen LogP contribution in [0.25, 0.3) is 0 Å². The van der Waals surface area contributed by atoms with Crippen LogP contribution in [0, 0.1) is 17.5 Å². The Kier molecular flexibility index (Phi) is 3.15. The Balaban J connectivity index is 2.27.